The molecule has 0 aliphatic carbocycles. The highest BCUT2D eigenvalue weighted by atomic mass is 19.1. The molecule has 0 fully saturated rings. The molecule has 0 aliphatic rings. The van der Waals surface area contributed by atoms with Crippen molar-refractivity contribution >= 4 is 11.2 Å². The monoisotopic (exact) mass is 323 g/mol. The van der Waals surface area contributed by atoms with Crippen molar-refractivity contribution in [3.05, 3.63) is 54.2 Å². The van der Waals surface area contributed by atoms with Gasteiger partial charge in [0.2, 0.25) is 0 Å². The van der Waals surface area contributed by atoms with Gasteiger partial charge in [0.15, 0.2) is 5.65 Å². The highest BCUT2D eigenvalue weighted by Crippen LogP contribution is 2.29. The molecule has 7 heteroatoms. The minimum absolute atomic E-state index is 0.268. The van der Waals surface area contributed by atoms with E-state index < -0.39 is 5.82 Å². The number of imidazole rings is 1. The fourth-order valence-electron chi connectivity index (χ4n) is 2.67. The van der Waals surface area contributed by atoms with Crippen molar-refractivity contribution < 1.29 is 9.50 Å². The summed E-state index contributed by atoms with van der Waals surface area (Å²) in [7, 11) is 1.83. The van der Waals surface area contributed by atoms with Crippen LogP contribution in [0.4, 0.5) is 4.39 Å². The Morgan fingerprint density at radius 2 is 2.12 bits per heavy atom. The molecule has 0 saturated heterocycles. The van der Waals surface area contributed by atoms with E-state index in [0.29, 0.717) is 17.0 Å². The van der Waals surface area contributed by atoms with E-state index in [2.05, 4.69) is 20.1 Å². The number of aromatic amines is 1. The Morgan fingerprint density at radius 1 is 1.25 bits per heavy atom. The number of halogens is 1. The molecule has 1 aromatic carbocycles. The van der Waals surface area contributed by atoms with E-state index >= 15 is 0 Å². The van der Waals surface area contributed by atoms with Gasteiger partial charge < -0.3 is 10.1 Å². The molecule has 4 rings (SSSR count). The fourth-order valence-corrected chi connectivity index (χ4v) is 2.67. The molecule has 0 radical (unpaired) electrons. The second-order valence-electron chi connectivity index (χ2n) is 5.51. The summed E-state index contributed by atoms with van der Waals surface area (Å²) in [6.07, 6.45) is 5.21. The van der Waals surface area contributed by atoms with Crippen molar-refractivity contribution in [2.45, 2.75) is 6.61 Å². The van der Waals surface area contributed by atoms with Crippen LogP contribution in [0.3, 0.4) is 0 Å². The maximum Gasteiger partial charge on any atom is 0.178 e. The van der Waals surface area contributed by atoms with Crippen LogP contribution in [-0.4, -0.2) is 29.8 Å². The van der Waals surface area contributed by atoms with Crippen LogP contribution >= 0.6 is 0 Å². The van der Waals surface area contributed by atoms with Gasteiger partial charge in [-0.25, -0.2) is 14.4 Å². The summed E-state index contributed by atoms with van der Waals surface area (Å²) in [6.45, 7) is -0.326. The van der Waals surface area contributed by atoms with Gasteiger partial charge in [0.1, 0.15) is 11.6 Å². The predicted molar refractivity (Wildman–Crippen MR) is 87.4 cm³/mol. The maximum absolute atomic E-state index is 14.0. The van der Waals surface area contributed by atoms with Gasteiger partial charge >= 0.3 is 0 Å². The molecule has 0 saturated carbocycles. The molecular weight excluding hydrogens is 309 g/mol. The molecule has 3 aromatic heterocycles. The largest absolute Gasteiger partial charge is 0.392 e. The summed E-state index contributed by atoms with van der Waals surface area (Å²) < 4.78 is 15.7. The molecule has 0 aliphatic heterocycles. The zero-order valence-corrected chi connectivity index (χ0v) is 12.9. The number of aliphatic hydroxyl groups is 1. The number of hydrogen-bond acceptors (Lipinski definition) is 4. The first-order valence-electron chi connectivity index (χ1n) is 7.39. The van der Waals surface area contributed by atoms with Crippen molar-refractivity contribution in [2.75, 3.05) is 0 Å². The van der Waals surface area contributed by atoms with E-state index in [0.717, 1.165) is 16.6 Å². The standard InChI is InChI=1S/C17H14FN5O/c1-23-8-12(7-20-23)16-21-15-13(4-5-19-17(15)22-16)10-2-3-11(9-24)14(18)6-10/h2-8,24H,9H2,1H3,(H,19,21,22). The highest BCUT2D eigenvalue weighted by molar-refractivity contribution is 5.91. The third-order valence-corrected chi connectivity index (χ3v) is 3.90. The normalized spacial score (nSPS) is 11.3. The highest BCUT2D eigenvalue weighted by Gasteiger charge is 2.13. The average molecular weight is 323 g/mol. The van der Waals surface area contributed by atoms with Crippen LogP contribution in [0.15, 0.2) is 42.9 Å². The molecule has 0 spiro atoms. The van der Waals surface area contributed by atoms with Gasteiger partial charge in [0, 0.05) is 30.6 Å². The van der Waals surface area contributed by atoms with Gasteiger partial charge in [-0.3, -0.25) is 4.68 Å². The van der Waals surface area contributed by atoms with Crippen LogP contribution in [0.25, 0.3) is 33.7 Å². The first kappa shape index (κ1) is 14.5. The summed E-state index contributed by atoms with van der Waals surface area (Å²) in [4.78, 5) is 12.0. The van der Waals surface area contributed by atoms with Crippen LogP contribution in [0.1, 0.15) is 5.56 Å². The summed E-state index contributed by atoms with van der Waals surface area (Å²) >= 11 is 0. The Morgan fingerprint density at radius 3 is 2.83 bits per heavy atom. The third-order valence-electron chi connectivity index (χ3n) is 3.90. The topological polar surface area (TPSA) is 79.6 Å². The van der Waals surface area contributed by atoms with E-state index in [4.69, 9.17) is 5.11 Å². The van der Waals surface area contributed by atoms with Crippen molar-refractivity contribution in [3.63, 3.8) is 0 Å². The minimum atomic E-state index is -0.438. The minimum Gasteiger partial charge on any atom is -0.392 e. The number of pyridine rings is 1. The van der Waals surface area contributed by atoms with E-state index in [1.807, 2.05) is 13.2 Å². The van der Waals surface area contributed by atoms with Gasteiger partial charge in [-0.15, -0.1) is 0 Å². The van der Waals surface area contributed by atoms with Crippen LogP contribution in [0, 0.1) is 5.82 Å². The first-order chi connectivity index (χ1) is 11.7. The van der Waals surface area contributed by atoms with Crippen molar-refractivity contribution in [2.24, 2.45) is 7.05 Å². The summed E-state index contributed by atoms with van der Waals surface area (Å²) in [5.74, 6) is 0.220. The van der Waals surface area contributed by atoms with Gasteiger partial charge in [0.05, 0.1) is 23.9 Å². The predicted octanol–water partition coefficient (Wildman–Crippen LogP) is 2.66. The Kier molecular flexibility index (Phi) is 3.35. The molecule has 3 heterocycles. The quantitative estimate of drug-likeness (QED) is 0.607. The van der Waals surface area contributed by atoms with E-state index in [1.54, 1.807) is 35.3 Å². The number of aryl methyl sites for hydroxylation is 1. The fraction of sp³-hybridized carbons (Fsp3) is 0.118. The number of aliphatic hydroxyl groups excluding tert-OH is 1. The molecule has 0 bridgehead atoms. The molecule has 120 valence electrons. The SMILES string of the molecule is Cn1cc(-c2nc3nccc(-c4ccc(CO)c(F)c4)c3[nH]2)cn1. The van der Waals surface area contributed by atoms with Gasteiger partial charge in [0.25, 0.3) is 0 Å². The number of aromatic nitrogens is 5. The number of benzene rings is 1. The van der Waals surface area contributed by atoms with Crippen LogP contribution in [0.5, 0.6) is 0 Å². The van der Waals surface area contributed by atoms with Crippen LogP contribution < -0.4 is 0 Å². The maximum atomic E-state index is 14.0. The molecular formula is C17H14FN5O. The molecule has 0 amide bonds. The number of nitrogens with one attached hydrogen (secondary N) is 1. The summed E-state index contributed by atoms with van der Waals surface area (Å²) in [6, 6.07) is 6.56. The lowest BCUT2D eigenvalue weighted by Gasteiger charge is -2.05. The van der Waals surface area contributed by atoms with E-state index in [9.17, 15) is 4.39 Å². The zero-order valence-electron chi connectivity index (χ0n) is 12.9. The lowest BCUT2D eigenvalue weighted by molar-refractivity contribution is 0.276. The van der Waals surface area contributed by atoms with Gasteiger partial charge in [-0.1, -0.05) is 12.1 Å². The Bertz CT molecular complexity index is 1040. The van der Waals surface area contributed by atoms with Gasteiger partial charge in [-0.05, 0) is 17.7 Å². The smallest absolute Gasteiger partial charge is 0.178 e. The van der Waals surface area contributed by atoms with Crippen molar-refractivity contribution in [1.29, 1.82) is 0 Å². The number of nitrogens with zero attached hydrogens (tertiary/aromatic N) is 4. The lowest BCUT2D eigenvalue weighted by atomic mass is 10.0. The average Bonchev–Trinajstić information content (AvgIpc) is 3.20. The summed E-state index contributed by atoms with van der Waals surface area (Å²) in [5, 5.41) is 13.2. The summed E-state index contributed by atoms with van der Waals surface area (Å²) in [5.41, 5.74) is 3.89. The van der Waals surface area contributed by atoms with Crippen molar-refractivity contribution in [3.8, 4) is 22.5 Å². The number of rotatable bonds is 3. The van der Waals surface area contributed by atoms with E-state index in [1.165, 1.54) is 6.07 Å². The van der Waals surface area contributed by atoms with Crippen molar-refractivity contribution in [1.82, 2.24) is 24.7 Å². The van der Waals surface area contributed by atoms with Crippen LogP contribution in [-0.2, 0) is 13.7 Å². The molecule has 0 atom stereocenters. The molecule has 0 unspecified atom stereocenters. The van der Waals surface area contributed by atoms with Gasteiger partial charge in [-0.2, -0.15) is 5.10 Å². The molecule has 2 N–H and O–H groups in total. The Balaban J connectivity index is 1.87. The Hall–Kier alpha value is -3.06. The Labute approximate surface area is 136 Å². The van der Waals surface area contributed by atoms with E-state index in [-0.39, 0.29) is 12.2 Å². The third kappa shape index (κ3) is 2.35. The molecule has 4 aromatic rings. The first-order valence-corrected chi connectivity index (χ1v) is 7.39. The molecule has 6 nitrogen and oxygen atoms in total. The zero-order chi connectivity index (χ0) is 16.7. The number of H-pyrrole nitrogens is 1. The molecule has 24 heavy (non-hydrogen) atoms. The second-order valence-corrected chi connectivity index (χ2v) is 5.51. The second kappa shape index (κ2) is 5.54. The number of fused-ring (bicyclic) bond motifs is 1. The van der Waals surface area contributed by atoms with Crippen LogP contribution in [0.2, 0.25) is 0 Å². The number of hydrogen-bond donors (Lipinski definition) is 2. The lowest BCUT2D eigenvalue weighted by Crippen LogP contribution is -1.91.